The first-order valence-electron chi connectivity index (χ1n) is 7.10. The molecule has 0 saturated carbocycles. The van der Waals surface area contributed by atoms with Gasteiger partial charge < -0.3 is 10.2 Å². The third-order valence-electron chi connectivity index (χ3n) is 3.34. The normalized spacial score (nSPS) is 18.0. The van der Waals surface area contributed by atoms with Gasteiger partial charge in [-0.05, 0) is 25.8 Å². The highest BCUT2D eigenvalue weighted by Crippen LogP contribution is 2.16. The molecule has 0 spiro atoms. The van der Waals surface area contributed by atoms with E-state index in [4.69, 9.17) is 0 Å². The Balaban J connectivity index is 1.55. The smallest absolute Gasteiger partial charge is 0.321 e. The molecule has 9 heteroatoms. The predicted molar refractivity (Wildman–Crippen MR) is 84.1 cm³/mol. The van der Waals surface area contributed by atoms with E-state index in [2.05, 4.69) is 35.7 Å². The van der Waals surface area contributed by atoms with Crippen LogP contribution in [0.25, 0.3) is 0 Å². The number of hydrogen-bond acceptors (Lipinski definition) is 7. The number of rotatable bonds is 3. The maximum absolute atomic E-state index is 12.0. The minimum atomic E-state index is -0.253. The van der Waals surface area contributed by atoms with Crippen LogP contribution in [0.15, 0.2) is 18.5 Å². The molecule has 2 aromatic rings. The molecule has 0 radical (unpaired) electrons. The summed E-state index contributed by atoms with van der Waals surface area (Å²) in [5, 5.41) is 14.8. The SMILES string of the molecule is Cc1nnc(NC(=O)N[C@H]2CCCN(c3ncccn3)C2)s1. The second kappa shape index (κ2) is 6.65. The molecule has 0 bridgehead atoms. The fourth-order valence-electron chi connectivity index (χ4n) is 2.40. The number of anilines is 2. The molecule has 1 atom stereocenters. The Hall–Kier alpha value is -2.29. The summed E-state index contributed by atoms with van der Waals surface area (Å²) in [6, 6.07) is 1.60. The highest BCUT2D eigenvalue weighted by atomic mass is 32.1. The zero-order valence-electron chi connectivity index (χ0n) is 12.2. The Morgan fingerprint density at radius 3 is 2.91 bits per heavy atom. The molecule has 1 saturated heterocycles. The summed E-state index contributed by atoms with van der Waals surface area (Å²) < 4.78 is 0. The highest BCUT2D eigenvalue weighted by molar-refractivity contribution is 7.15. The quantitative estimate of drug-likeness (QED) is 0.888. The van der Waals surface area contributed by atoms with Gasteiger partial charge in [0.1, 0.15) is 5.01 Å². The molecule has 0 aromatic carbocycles. The zero-order valence-corrected chi connectivity index (χ0v) is 13.0. The monoisotopic (exact) mass is 319 g/mol. The number of carbonyl (C=O) groups is 1. The first-order valence-corrected chi connectivity index (χ1v) is 7.92. The van der Waals surface area contributed by atoms with E-state index in [1.807, 2.05) is 6.92 Å². The summed E-state index contributed by atoms with van der Waals surface area (Å²) in [4.78, 5) is 22.6. The maximum atomic E-state index is 12.0. The average Bonchev–Trinajstić information content (AvgIpc) is 2.93. The number of hydrogen-bond donors (Lipinski definition) is 2. The van der Waals surface area contributed by atoms with Crippen LogP contribution in [0.1, 0.15) is 17.8 Å². The number of piperidine rings is 1. The van der Waals surface area contributed by atoms with Crippen LogP contribution < -0.4 is 15.5 Å². The average molecular weight is 319 g/mol. The Labute approximate surface area is 132 Å². The van der Waals surface area contributed by atoms with Crippen molar-refractivity contribution in [1.82, 2.24) is 25.5 Å². The molecule has 116 valence electrons. The molecule has 0 aliphatic carbocycles. The van der Waals surface area contributed by atoms with Crippen LogP contribution in [0.2, 0.25) is 0 Å². The zero-order chi connectivity index (χ0) is 15.4. The third kappa shape index (κ3) is 3.67. The lowest BCUT2D eigenvalue weighted by Gasteiger charge is -2.32. The van der Waals surface area contributed by atoms with Crippen molar-refractivity contribution in [3.63, 3.8) is 0 Å². The second-order valence-corrected chi connectivity index (χ2v) is 6.24. The van der Waals surface area contributed by atoms with Crippen LogP contribution >= 0.6 is 11.3 Å². The molecule has 0 unspecified atom stereocenters. The summed E-state index contributed by atoms with van der Waals surface area (Å²) >= 11 is 1.35. The molecule has 1 aliphatic heterocycles. The van der Waals surface area contributed by atoms with Crippen molar-refractivity contribution in [2.75, 3.05) is 23.3 Å². The van der Waals surface area contributed by atoms with E-state index >= 15 is 0 Å². The van der Waals surface area contributed by atoms with Crippen LogP contribution in [-0.2, 0) is 0 Å². The minimum absolute atomic E-state index is 0.0616. The minimum Gasteiger partial charge on any atom is -0.339 e. The summed E-state index contributed by atoms with van der Waals surface area (Å²) in [6.07, 6.45) is 5.38. The molecule has 3 heterocycles. The number of nitrogens with zero attached hydrogens (tertiary/aromatic N) is 5. The maximum Gasteiger partial charge on any atom is 0.321 e. The largest absolute Gasteiger partial charge is 0.339 e. The summed E-state index contributed by atoms with van der Waals surface area (Å²) in [5.74, 6) is 0.703. The van der Waals surface area contributed by atoms with Crippen molar-refractivity contribution >= 4 is 28.4 Å². The molecule has 2 N–H and O–H groups in total. The molecule has 1 fully saturated rings. The highest BCUT2D eigenvalue weighted by Gasteiger charge is 2.23. The number of amides is 2. The van der Waals surface area contributed by atoms with Crippen molar-refractivity contribution in [1.29, 1.82) is 0 Å². The van der Waals surface area contributed by atoms with Gasteiger partial charge >= 0.3 is 6.03 Å². The van der Waals surface area contributed by atoms with Crippen molar-refractivity contribution in [3.8, 4) is 0 Å². The fraction of sp³-hybridized carbons (Fsp3) is 0.462. The van der Waals surface area contributed by atoms with E-state index in [-0.39, 0.29) is 12.1 Å². The van der Waals surface area contributed by atoms with Gasteiger partial charge in [0, 0.05) is 31.5 Å². The van der Waals surface area contributed by atoms with Gasteiger partial charge in [-0.15, -0.1) is 10.2 Å². The molecule has 2 amide bonds. The lowest BCUT2D eigenvalue weighted by atomic mass is 10.1. The standard InChI is InChI=1S/C13H17N7OS/c1-9-18-19-13(22-9)17-12(21)16-10-4-2-7-20(8-10)11-14-5-3-6-15-11/h3,5-6,10H,2,4,7-8H2,1H3,(H2,16,17,19,21)/t10-/m0/s1. The Bertz CT molecular complexity index is 632. The topological polar surface area (TPSA) is 95.9 Å². The summed E-state index contributed by atoms with van der Waals surface area (Å²) in [7, 11) is 0. The van der Waals surface area contributed by atoms with E-state index in [9.17, 15) is 4.79 Å². The van der Waals surface area contributed by atoms with E-state index in [0.717, 1.165) is 24.4 Å². The van der Waals surface area contributed by atoms with Crippen LogP contribution in [0.5, 0.6) is 0 Å². The number of aromatic nitrogens is 4. The number of aryl methyl sites for hydroxylation is 1. The summed E-state index contributed by atoms with van der Waals surface area (Å²) in [6.45, 7) is 3.45. The van der Waals surface area contributed by atoms with E-state index in [1.165, 1.54) is 11.3 Å². The summed E-state index contributed by atoms with van der Waals surface area (Å²) in [5.41, 5.74) is 0. The van der Waals surface area contributed by atoms with Crippen molar-refractivity contribution in [2.45, 2.75) is 25.8 Å². The van der Waals surface area contributed by atoms with Gasteiger partial charge in [-0.1, -0.05) is 11.3 Å². The van der Waals surface area contributed by atoms with Gasteiger partial charge in [0.2, 0.25) is 11.1 Å². The van der Waals surface area contributed by atoms with E-state index < -0.39 is 0 Å². The van der Waals surface area contributed by atoms with E-state index in [0.29, 0.717) is 17.6 Å². The molecule has 1 aliphatic rings. The molecular formula is C13H17N7OS. The Morgan fingerprint density at radius 2 is 2.18 bits per heavy atom. The molecule has 2 aromatic heterocycles. The van der Waals surface area contributed by atoms with Crippen LogP contribution in [0.4, 0.5) is 15.9 Å². The van der Waals surface area contributed by atoms with Crippen LogP contribution in [0, 0.1) is 6.92 Å². The Morgan fingerprint density at radius 1 is 1.36 bits per heavy atom. The van der Waals surface area contributed by atoms with Gasteiger partial charge in [-0.2, -0.15) is 0 Å². The van der Waals surface area contributed by atoms with Gasteiger partial charge in [0.25, 0.3) is 0 Å². The number of carbonyl (C=O) groups excluding carboxylic acids is 1. The second-order valence-electron chi connectivity index (χ2n) is 5.06. The third-order valence-corrected chi connectivity index (χ3v) is 4.09. The number of urea groups is 1. The first-order chi connectivity index (χ1) is 10.7. The van der Waals surface area contributed by atoms with Crippen molar-refractivity contribution in [2.24, 2.45) is 0 Å². The van der Waals surface area contributed by atoms with Gasteiger partial charge in [-0.25, -0.2) is 14.8 Å². The van der Waals surface area contributed by atoms with E-state index in [1.54, 1.807) is 18.5 Å². The van der Waals surface area contributed by atoms with Crippen molar-refractivity contribution < 1.29 is 4.79 Å². The molecule has 22 heavy (non-hydrogen) atoms. The molecule has 8 nitrogen and oxygen atoms in total. The van der Waals surface area contributed by atoms with Crippen molar-refractivity contribution in [3.05, 3.63) is 23.5 Å². The molecular weight excluding hydrogens is 302 g/mol. The Kier molecular flexibility index (Phi) is 4.42. The first kappa shape index (κ1) is 14.6. The molecule has 3 rings (SSSR count). The fourth-order valence-corrected chi connectivity index (χ4v) is 2.98. The lowest BCUT2D eigenvalue weighted by molar-refractivity contribution is 0.246. The van der Waals surface area contributed by atoms with Gasteiger partial charge in [0.15, 0.2) is 0 Å². The predicted octanol–water partition coefficient (Wildman–Crippen LogP) is 1.43. The lowest BCUT2D eigenvalue weighted by Crippen LogP contribution is -2.49. The van der Waals surface area contributed by atoms with Crippen LogP contribution in [-0.4, -0.2) is 45.3 Å². The van der Waals surface area contributed by atoms with Crippen LogP contribution in [0.3, 0.4) is 0 Å². The number of nitrogens with one attached hydrogen (secondary N) is 2. The van der Waals surface area contributed by atoms with Gasteiger partial charge in [0.05, 0.1) is 0 Å². The van der Waals surface area contributed by atoms with Gasteiger partial charge in [-0.3, -0.25) is 5.32 Å².